The van der Waals surface area contributed by atoms with Gasteiger partial charge in [-0.15, -0.1) is 0 Å². The van der Waals surface area contributed by atoms with Crippen LogP contribution in [0.3, 0.4) is 0 Å². The highest BCUT2D eigenvalue weighted by atomic mass is 16.5. The van der Waals surface area contributed by atoms with Gasteiger partial charge in [0.2, 0.25) is 0 Å². The fraction of sp³-hybridized carbons (Fsp3) is 0.455. The van der Waals surface area contributed by atoms with Gasteiger partial charge < -0.3 is 10.1 Å². The highest BCUT2D eigenvalue weighted by Gasteiger charge is 1.89. The van der Waals surface area contributed by atoms with E-state index in [9.17, 15) is 0 Å². The lowest BCUT2D eigenvalue weighted by molar-refractivity contribution is 0.194. The fourth-order valence-corrected chi connectivity index (χ4v) is 1.16. The van der Waals surface area contributed by atoms with Crippen LogP contribution in [0.15, 0.2) is 30.3 Å². The first-order valence-corrected chi connectivity index (χ1v) is 4.71. The third-order valence-electron chi connectivity index (χ3n) is 1.88. The average Bonchev–Trinajstić information content (AvgIpc) is 2.19. The second kappa shape index (κ2) is 6.49. The number of ether oxygens (including phenoxy) is 1. The molecule has 1 aromatic carbocycles. The number of para-hydroxylation sites is 1. The zero-order valence-electron chi connectivity index (χ0n) is 8.12. The van der Waals surface area contributed by atoms with Gasteiger partial charge in [-0.2, -0.15) is 0 Å². The molecular formula is C11H17NO. The molecule has 0 radical (unpaired) electrons. The largest absolute Gasteiger partial charge is 0.385 e. The number of rotatable bonds is 6. The Morgan fingerprint density at radius 2 is 1.92 bits per heavy atom. The first kappa shape index (κ1) is 10.1. The van der Waals surface area contributed by atoms with E-state index < -0.39 is 0 Å². The van der Waals surface area contributed by atoms with Crippen molar-refractivity contribution in [3.63, 3.8) is 0 Å². The normalized spacial score (nSPS) is 9.92. The number of methoxy groups -OCH3 is 1. The van der Waals surface area contributed by atoms with Crippen molar-refractivity contribution in [2.24, 2.45) is 0 Å². The molecule has 0 atom stereocenters. The molecule has 0 aliphatic rings. The lowest BCUT2D eigenvalue weighted by Gasteiger charge is -2.04. The SMILES string of the molecule is COCCCCNc1ccccc1. The summed E-state index contributed by atoms with van der Waals surface area (Å²) in [6.07, 6.45) is 2.28. The summed E-state index contributed by atoms with van der Waals surface area (Å²) in [5, 5.41) is 3.35. The van der Waals surface area contributed by atoms with E-state index in [1.165, 1.54) is 5.69 Å². The summed E-state index contributed by atoms with van der Waals surface area (Å²) >= 11 is 0. The Morgan fingerprint density at radius 1 is 1.15 bits per heavy atom. The Hall–Kier alpha value is -1.02. The molecule has 1 aromatic rings. The Bertz CT molecular complexity index is 211. The van der Waals surface area contributed by atoms with Crippen molar-refractivity contribution in [1.29, 1.82) is 0 Å². The predicted octanol–water partition coefficient (Wildman–Crippen LogP) is 2.53. The van der Waals surface area contributed by atoms with Gasteiger partial charge in [0, 0.05) is 25.9 Å². The predicted molar refractivity (Wildman–Crippen MR) is 56.0 cm³/mol. The number of hydrogen-bond acceptors (Lipinski definition) is 2. The van der Waals surface area contributed by atoms with Gasteiger partial charge in [0.15, 0.2) is 0 Å². The Kier molecular flexibility index (Phi) is 5.02. The number of anilines is 1. The van der Waals surface area contributed by atoms with Crippen LogP contribution in [-0.2, 0) is 4.74 Å². The zero-order valence-corrected chi connectivity index (χ0v) is 8.12. The molecule has 0 aliphatic heterocycles. The van der Waals surface area contributed by atoms with Crippen LogP contribution < -0.4 is 5.32 Å². The van der Waals surface area contributed by atoms with Crippen LogP contribution in [-0.4, -0.2) is 20.3 Å². The van der Waals surface area contributed by atoms with Crippen LogP contribution in [0.2, 0.25) is 0 Å². The van der Waals surface area contributed by atoms with Gasteiger partial charge in [-0.05, 0) is 25.0 Å². The summed E-state index contributed by atoms with van der Waals surface area (Å²) in [6.45, 7) is 1.88. The van der Waals surface area contributed by atoms with E-state index in [-0.39, 0.29) is 0 Å². The number of unbranched alkanes of at least 4 members (excludes halogenated alkanes) is 1. The van der Waals surface area contributed by atoms with E-state index in [2.05, 4.69) is 17.4 Å². The molecule has 0 saturated carbocycles. The van der Waals surface area contributed by atoms with E-state index in [1.807, 2.05) is 18.2 Å². The van der Waals surface area contributed by atoms with Crippen LogP contribution in [0.25, 0.3) is 0 Å². The maximum Gasteiger partial charge on any atom is 0.0462 e. The van der Waals surface area contributed by atoms with Crippen molar-refractivity contribution in [3.8, 4) is 0 Å². The van der Waals surface area contributed by atoms with Crippen LogP contribution in [0.5, 0.6) is 0 Å². The van der Waals surface area contributed by atoms with Gasteiger partial charge in [-0.3, -0.25) is 0 Å². The molecule has 1 N–H and O–H groups in total. The summed E-state index contributed by atoms with van der Waals surface area (Å²) in [6, 6.07) is 10.3. The van der Waals surface area contributed by atoms with Crippen LogP contribution in [0.1, 0.15) is 12.8 Å². The summed E-state index contributed by atoms with van der Waals surface area (Å²) < 4.78 is 4.97. The molecule has 2 nitrogen and oxygen atoms in total. The Morgan fingerprint density at radius 3 is 2.62 bits per heavy atom. The number of hydrogen-bond donors (Lipinski definition) is 1. The standard InChI is InChI=1S/C11H17NO/c1-13-10-6-5-9-12-11-7-3-2-4-8-11/h2-4,7-8,12H,5-6,9-10H2,1H3. The minimum atomic E-state index is 0.858. The molecule has 0 saturated heterocycles. The zero-order chi connectivity index (χ0) is 9.36. The van der Waals surface area contributed by atoms with E-state index in [4.69, 9.17) is 4.74 Å². The smallest absolute Gasteiger partial charge is 0.0462 e. The number of benzene rings is 1. The van der Waals surface area contributed by atoms with Gasteiger partial charge in [0.1, 0.15) is 0 Å². The van der Waals surface area contributed by atoms with Crippen LogP contribution in [0, 0.1) is 0 Å². The van der Waals surface area contributed by atoms with Gasteiger partial charge in [0.25, 0.3) is 0 Å². The quantitative estimate of drug-likeness (QED) is 0.677. The molecule has 0 amide bonds. The fourth-order valence-electron chi connectivity index (χ4n) is 1.16. The van der Waals surface area contributed by atoms with Crippen LogP contribution in [0.4, 0.5) is 5.69 Å². The molecule has 0 aliphatic carbocycles. The highest BCUT2D eigenvalue weighted by molar-refractivity contribution is 5.42. The first-order valence-electron chi connectivity index (χ1n) is 4.71. The molecule has 0 unspecified atom stereocenters. The van der Waals surface area contributed by atoms with Gasteiger partial charge in [-0.25, -0.2) is 0 Å². The highest BCUT2D eigenvalue weighted by Crippen LogP contribution is 2.04. The van der Waals surface area contributed by atoms with E-state index in [1.54, 1.807) is 7.11 Å². The van der Waals surface area contributed by atoms with Crippen molar-refractivity contribution in [2.45, 2.75) is 12.8 Å². The molecule has 13 heavy (non-hydrogen) atoms. The Balaban J connectivity index is 2.07. The first-order chi connectivity index (χ1) is 6.43. The van der Waals surface area contributed by atoms with Crippen molar-refractivity contribution in [2.75, 3.05) is 25.6 Å². The van der Waals surface area contributed by atoms with Crippen LogP contribution >= 0.6 is 0 Å². The minimum Gasteiger partial charge on any atom is -0.385 e. The molecule has 72 valence electrons. The van der Waals surface area contributed by atoms with E-state index in [0.29, 0.717) is 0 Å². The topological polar surface area (TPSA) is 21.3 Å². The molecule has 0 heterocycles. The molecule has 0 fully saturated rings. The maximum absolute atomic E-state index is 4.97. The van der Waals surface area contributed by atoms with E-state index >= 15 is 0 Å². The monoisotopic (exact) mass is 179 g/mol. The summed E-state index contributed by atoms with van der Waals surface area (Å²) in [5.41, 5.74) is 1.19. The maximum atomic E-state index is 4.97. The van der Waals surface area contributed by atoms with Gasteiger partial charge in [-0.1, -0.05) is 18.2 Å². The van der Waals surface area contributed by atoms with Crippen molar-refractivity contribution < 1.29 is 4.74 Å². The van der Waals surface area contributed by atoms with Crippen molar-refractivity contribution in [3.05, 3.63) is 30.3 Å². The molecule has 2 heteroatoms. The Labute approximate surface area is 79.9 Å². The van der Waals surface area contributed by atoms with Crippen molar-refractivity contribution >= 4 is 5.69 Å². The van der Waals surface area contributed by atoms with Gasteiger partial charge in [0.05, 0.1) is 0 Å². The lowest BCUT2D eigenvalue weighted by Crippen LogP contribution is -2.02. The van der Waals surface area contributed by atoms with Crippen molar-refractivity contribution in [1.82, 2.24) is 0 Å². The second-order valence-corrected chi connectivity index (χ2v) is 2.99. The summed E-state index contributed by atoms with van der Waals surface area (Å²) in [5.74, 6) is 0. The summed E-state index contributed by atoms with van der Waals surface area (Å²) in [4.78, 5) is 0. The average molecular weight is 179 g/mol. The van der Waals surface area contributed by atoms with Gasteiger partial charge >= 0.3 is 0 Å². The second-order valence-electron chi connectivity index (χ2n) is 2.99. The molecule has 0 spiro atoms. The molecule has 0 aromatic heterocycles. The third-order valence-corrected chi connectivity index (χ3v) is 1.88. The van der Waals surface area contributed by atoms with E-state index in [0.717, 1.165) is 26.0 Å². The lowest BCUT2D eigenvalue weighted by atomic mass is 10.3. The third kappa shape index (κ3) is 4.53. The summed E-state index contributed by atoms with van der Waals surface area (Å²) in [7, 11) is 1.74. The molecule has 0 bridgehead atoms. The molecule has 1 rings (SSSR count). The number of nitrogens with one attached hydrogen (secondary N) is 1. The molecular weight excluding hydrogens is 162 g/mol. The minimum absolute atomic E-state index is 0.858.